The molecule has 1 N–H and O–H groups in total. The summed E-state index contributed by atoms with van der Waals surface area (Å²) in [5.74, 6) is -0.0805. The molecule has 2 aromatic carbocycles. The third-order valence-corrected chi connectivity index (χ3v) is 5.36. The smallest absolute Gasteiger partial charge is 0.254 e. The van der Waals surface area contributed by atoms with E-state index in [1.165, 1.54) is 31.5 Å². The summed E-state index contributed by atoms with van der Waals surface area (Å²) in [7, 11) is 0. The van der Waals surface area contributed by atoms with Crippen LogP contribution in [-0.4, -0.2) is 47.2 Å². The van der Waals surface area contributed by atoms with Gasteiger partial charge in [-0.1, -0.05) is 48.0 Å². The van der Waals surface area contributed by atoms with Gasteiger partial charge in [0.05, 0.1) is 11.1 Å². The number of aryl methyl sites for hydroxylation is 1. The summed E-state index contributed by atoms with van der Waals surface area (Å²) in [6.07, 6.45) is 3.55. The van der Waals surface area contributed by atoms with Gasteiger partial charge in [-0.15, -0.1) is 10.2 Å². The van der Waals surface area contributed by atoms with E-state index < -0.39 is 0 Å². The van der Waals surface area contributed by atoms with Crippen molar-refractivity contribution < 1.29 is 4.79 Å². The van der Waals surface area contributed by atoms with Crippen molar-refractivity contribution in [3.8, 4) is 11.3 Å². The SMILES string of the molecule is Cc1ccc(-c2nnc3ccccc3c2C(=O)NCCCN2CCCC2)cc1. The maximum absolute atomic E-state index is 13.1. The average Bonchev–Trinajstić information content (AvgIpc) is 3.24. The first-order valence-electron chi connectivity index (χ1n) is 10.1. The van der Waals surface area contributed by atoms with Crippen molar-refractivity contribution in [1.82, 2.24) is 20.4 Å². The topological polar surface area (TPSA) is 58.1 Å². The molecular weight excluding hydrogens is 348 g/mol. The maximum atomic E-state index is 13.1. The second-order valence-corrected chi connectivity index (χ2v) is 7.46. The second kappa shape index (κ2) is 8.48. The zero-order valence-electron chi connectivity index (χ0n) is 16.3. The number of amides is 1. The van der Waals surface area contributed by atoms with E-state index in [4.69, 9.17) is 0 Å². The number of nitrogens with one attached hydrogen (secondary N) is 1. The van der Waals surface area contributed by atoms with Gasteiger partial charge in [-0.25, -0.2) is 0 Å². The molecule has 0 unspecified atom stereocenters. The third-order valence-electron chi connectivity index (χ3n) is 5.36. The van der Waals surface area contributed by atoms with Crippen LogP contribution in [0.3, 0.4) is 0 Å². The maximum Gasteiger partial charge on any atom is 0.254 e. The molecule has 1 aromatic heterocycles. The number of benzene rings is 2. The summed E-state index contributed by atoms with van der Waals surface area (Å²) in [4.78, 5) is 15.6. The van der Waals surface area contributed by atoms with Crippen LogP contribution in [-0.2, 0) is 0 Å². The molecule has 1 amide bonds. The molecule has 28 heavy (non-hydrogen) atoms. The molecule has 1 saturated heterocycles. The summed E-state index contributed by atoms with van der Waals surface area (Å²) in [5, 5.41) is 12.7. The van der Waals surface area contributed by atoms with Crippen molar-refractivity contribution in [2.75, 3.05) is 26.2 Å². The molecule has 0 spiro atoms. The Labute approximate surface area is 165 Å². The van der Waals surface area contributed by atoms with Crippen LogP contribution in [0.1, 0.15) is 35.2 Å². The van der Waals surface area contributed by atoms with Crippen LogP contribution in [0.2, 0.25) is 0 Å². The van der Waals surface area contributed by atoms with Crippen LogP contribution in [0, 0.1) is 6.92 Å². The van der Waals surface area contributed by atoms with Gasteiger partial charge in [-0.2, -0.15) is 0 Å². The number of likely N-dealkylation sites (tertiary alicyclic amines) is 1. The Hall–Kier alpha value is -2.79. The Morgan fingerprint density at radius 1 is 1.04 bits per heavy atom. The van der Waals surface area contributed by atoms with Crippen LogP contribution in [0.4, 0.5) is 0 Å². The molecule has 1 aliphatic rings. The Morgan fingerprint density at radius 3 is 2.57 bits per heavy atom. The highest BCUT2D eigenvalue weighted by molar-refractivity contribution is 6.10. The Kier molecular flexibility index (Phi) is 5.63. The monoisotopic (exact) mass is 374 g/mol. The molecule has 0 aliphatic carbocycles. The fraction of sp³-hybridized carbons (Fsp3) is 0.348. The molecule has 4 rings (SSSR count). The summed E-state index contributed by atoms with van der Waals surface area (Å²) in [5.41, 5.74) is 4.06. The van der Waals surface area contributed by atoms with Gasteiger partial charge < -0.3 is 10.2 Å². The quantitative estimate of drug-likeness (QED) is 0.667. The van der Waals surface area contributed by atoms with E-state index in [0.717, 1.165) is 29.4 Å². The highest BCUT2D eigenvalue weighted by Gasteiger charge is 2.19. The van der Waals surface area contributed by atoms with E-state index in [2.05, 4.69) is 20.4 Å². The molecule has 0 radical (unpaired) electrons. The Bertz CT molecular complexity index is 962. The number of nitrogens with zero attached hydrogens (tertiary/aromatic N) is 3. The van der Waals surface area contributed by atoms with Crippen LogP contribution in [0.25, 0.3) is 22.2 Å². The molecular formula is C23H26N4O. The van der Waals surface area contributed by atoms with E-state index in [-0.39, 0.29) is 5.91 Å². The van der Waals surface area contributed by atoms with E-state index in [9.17, 15) is 4.79 Å². The van der Waals surface area contributed by atoms with E-state index in [1.54, 1.807) is 0 Å². The van der Waals surface area contributed by atoms with Crippen molar-refractivity contribution >= 4 is 16.8 Å². The van der Waals surface area contributed by atoms with Crippen molar-refractivity contribution in [1.29, 1.82) is 0 Å². The normalized spacial score (nSPS) is 14.5. The van der Waals surface area contributed by atoms with Gasteiger partial charge in [0.2, 0.25) is 0 Å². The lowest BCUT2D eigenvalue weighted by atomic mass is 10.0. The number of carbonyl (C=O) groups excluding carboxylic acids is 1. The third kappa shape index (κ3) is 4.04. The summed E-state index contributed by atoms with van der Waals surface area (Å²) < 4.78 is 0. The molecule has 0 bridgehead atoms. The largest absolute Gasteiger partial charge is 0.352 e. The first-order chi connectivity index (χ1) is 13.7. The first-order valence-corrected chi connectivity index (χ1v) is 10.1. The molecule has 1 fully saturated rings. The van der Waals surface area contributed by atoms with Crippen LogP contribution in [0.5, 0.6) is 0 Å². The van der Waals surface area contributed by atoms with Crippen LogP contribution >= 0.6 is 0 Å². The number of hydrogen-bond donors (Lipinski definition) is 1. The van der Waals surface area contributed by atoms with Gasteiger partial charge in [0.15, 0.2) is 0 Å². The highest BCUT2D eigenvalue weighted by atomic mass is 16.1. The van der Waals surface area contributed by atoms with E-state index in [0.29, 0.717) is 17.8 Å². The molecule has 0 saturated carbocycles. The van der Waals surface area contributed by atoms with Crippen LogP contribution in [0.15, 0.2) is 48.5 Å². The molecule has 144 valence electrons. The fourth-order valence-electron chi connectivity index (χ4n) is 3.80. The number of rotatable bonds is 6. The van der Waals surface area contributed by atoms with Gasteiger partial charge in [-0.3, -0.25) is 4.79 Å². The summed E-state index contributed by atoms with van der Waals surface area (Å²) >= 11 is 0. The molecule has 2 heterocycles. The lowest BCUT2D eigenvalue weighted by Crippen LogP contribution is -2.29. The zero-order chi connectivity index (χ0) is 19.3. The Balaban J connectivity index is 1.58. The van der Waals surface area contributed by atoms with Gasteiger partial charge in [-0.05, 0) is 51.9 Å². The molecule has 5 nitrogen and oxygen atoms in total. The molecule has 3 aromatic rings. The standard InChI is InChI=1S/C23H26N4O/c1-17-9-11-18(12-10-17)22-21(19-7-2-3-8-20(19)25-26-22)23(28)24-13-6-16-27-14-4-5-15-27/h2-3,7-12H,4-6,13-16H2,1H3,(H,24,28). The van der Waals surface area contributed by atoms with Crippen molar-refractivity contribution in [2.45, 2.75) is 26.2 Å². The van der Waals surface area contributed by atoms with Crippen molar-refractivity contribution in [3.05, 3.63) is 59.7 Å². The molecule has 0 atom stereocenters. The fourth-order valence-corrected chi connectivity index (χ4v) is 3.80. The summed E-state index contributed by atoms with van der Waals surface area (Å²) in [6.45, 7) is 6.12. The predicted octanol–water partition coefficient (Wildman–Crippen LogP) is 3.82. The second-order valence-electron chi connectivity index (χ2n) is 7.46. The van der Waals surface area contributed by atoms with Crippen LogP contribution < -0.4 is 5.32 Å². The Morgan fingerprint density at radius 2 is 1.79 bits per heavy atom. The van der Waals surface area contributed by atoms with Gasteiger partial charge in [0.1, 0.15) is 5.69 Å². The highest BCUT2D eigenvalue weighted by Crippen LogP contribution is 2.27. The van der Waals surface area contributed by atoms with Gasteiger partial charge in [0.25, 0.3) is 5.91 Å². The number of hydrogen-bond acceptors (Lipinski definition) is 4. The minimum Gasteiger partial charge on any atom is -0.352 e. The predicted molar refractivity (Wildman–Crippen MR) is 112 cm³/mol. The number of fused-ring (bicyclic) bond motifs is 1. The minimum absolute atomic E-state index is 0.0805. The van der Waals surface area contributed by atoms with Crippen molar-refractivity contribution in [2.24, 2.45) is 0 Å². The van der Waals surface area contributed by atoms with E-state index >= 15 is 0 Å². The lowest BCUT2D eigenvalue weighted by molar-refractivity contribution is 0.0954. The first kappa shape index (κ1) is 18.6. The van der Waals surface area contributed by atoms with Gasteiger partial charge >= 0.3 is 0 Å². The number of aromatic nitrogens is 2. The molecule has 1 aliphatic heterocycles. The molecule has 5 heteroatoms. The zero-order valence-corrected chi connectivity index (χ0v) is 16.3. The average molecular weight is 374 g/mol. The van der Waals surface area contributed by atoms with Gasteiger partial charge in [0, 0.05) is 17.5 Å². The van der Waals surface area contributed by atoms with Crippen molar-refractivity contribution in [3.63, 3.8) is 0 Å². The minimum atomic E-state index is -0.0805. The van der Waals surface area contributed by atoms with E-state index in [1.807, 2.05) is 55.5 Å². The number of carbonyl (C=O) groups is 1. The summed E-state index contributed by atoms with van der Waals surface area (Å²) in [6, 6.07) is 15.8. The lowest BCUT2D eigenvalue weighted by Gasteiger charge is -2.15.